The van der Waals surface area contributed by atoms with Crippen molar-refractivity contribution in [3.8, 4) is 11.5 Å². The molecular weight excluding hydrogens is 459 g/mol. The van der Waals surface area contributed by atoms with Gasteiger partial charge < -0.3 is 19.7 Å². The first-order chi connectivity index (χ1) is 16.1. The molecule has 2 heterocycles. The average molecular weight is 477 g/mol. The lowest BCUT2D eigenvalue weighted by atomic mass is 10.3. The third-order valence-electron chi connectivity index (χ3n) is 4.95. The largest absolute Gasteiger partial charge is 0.573 e. The van der Waals surface area contributed by atoms with Crippen LogP contribution >= 0.6 is 0 Å². The van der Waals surface area contributed by atoms with Crippen molar-refractivity contribution in [1.29, 1.82) is 0 Å². The molecule has 0 radical (unpaired) electrons. The highest BCUT2D eigenvalue weighted by molar-refractivity contribution is 5.90. The lowest BCUT2D eigenvalue weighted by molar-refractivity contribution is -0.274. The first kappa shape index (κ1) is 22.9. The molecule has 10 nitrogen and oxygen atoms in total. The molecule has 1 aromatic heterocycles. The number of hydrogen-bond acceptors (Lipinski definition) is 7. The highest BCUT2D eigenvalue weighted by Gasteiger charge is 2.31. The van der Waals surface area contributed by atoms with E-state index < -0.39 is 35.7 Å². The number of alkyl halides is 3. The van der Waals surface area contributed by atoms with Crippen LogP contribution in [0.3, 0.4) is 0 Å². The van der Waals surface area contributed by atoms with E-state index in [1.54, 1.807) is 29.2 Å². The number of carbonyl (C=O) groups excluding carboxylic acids is 1. The second-order valence-electron chi connectivity index (χ2n) is 7.19. The molecule has 34 heavy (non-hydrogen) atoms. The number of rotatable bonds is 6. The summed E-state index contributed by atoms with van der Waals surface area (Å²) < 4.78 is 47.7. The topological polar surface area (TPSA) is 108 Å². The van der Waals surface area contributed by atoms with E-state index in [1.807, 2.05) is 0 Å². The fourth-order valence-electron chi connectivity index (χ4n) is 3.42. The first-order valence-corrected chi connectivity index (χ1v) is 9.94. The molecule has 4 rings (SSSR count). The van der Waals surface area contributed by atoms with Gasteiger partial charge in [-0.25, -0.2) is 4.68 Å². The molecule has 178 valence electrons. The van der Waals surface area contributed by atoms with Gasteiger partial charge in [0.05, 0.1) is 7.11 Å². The van der Waals surface area contributed by atoms with Gasteiger partial charge in [-0.05, 0) is 48.5 Å². The molecule has 0 bridgehead atoms. The molecule has 0 unspecified atom stereocenters. The Morgan fingerprint density at radius 2 is 1.65 bits per heavy atom. The number of aromatic nitrogens is 3. The Morgan fingerprint density at radius 3 is 2.26 bits per heavy atom. The Hall–Kier alpha value is -4.29. The van der Waals surface area contributed by atoms with Crippen molar-refractivity contribution in [1.82, 2.24) is 14.3 Å². The Balaban J connectivity index is 1.52. The number of hydrogen-bond donors (Lipinski definition) is 1. The molecule has 3 aromatic rings. The third-order valence-corrected chi connectivity index (χ3v) is 4.95. The van der Waals surface area contributed by atoms with Crippen LogP contribution in [0.15, 0.2) is 58.1 Å². The summed E-state index contributed by atoms with van der Waals surface area (Å²) in [7, 11) is 1.54. The fraction of sp³-hybridized carbons (Fsp3) is 0.238. The molecule has 1 aliphatic heterocycles. The van der Waals surface area contributed by atoms with Gasteiger partial charge in [-0.3, -0.25) is 19.0 Å². The number of nitrogens with one attached hydrogen (secondary N) is 1. The third kappa shape index (κ3) is 4.87. The van der Waals surface area contributed by atoms with Gasteiger partial charge >= 0.3 is 17.5 Å². The van der Waals surface area contributed by atoms with Gasteiger partial charge in [0.2, 0.25) is 11.9 Å². The summed E-state index contributed by atoms with van der Waals surface area (Å²) in [6.07, 6.45) is -4.83. The lowest BCUT2D eigenvalue weighted by Crippen LogP contribution is -2.44. The number of anilines is 3. The van der Waals surface area contributed by atoms with E-state index in [0.29, 0.717) is 12.3 Å². The van der Waals surface area contributed by atoms with Crippen LogP contribution in [0.2, 0.25) is 0 Å². The van der Waals surface area contributed by atoms with Crippen LogP contribution in [0.4, 0.5) is 30.5 Å². The molecule has 0 saturated carbocycles. The Labute approximate surface area is 189 Å². The monoisotopic (exact) mass is 477 g/mol. The first-order valence-electron chi connectivity index (χ1n) is 9.94. The quantitative estimate of drug-likeness (QED) is 0.542. The summed E-state index contributed by atoms with van der Waals surface area (Å²) in [6.45, 7) is 0.0809. The number of methoxy groups -OCH3 is 1. The normalized spacial score (nSPS) is 12.9. The van der Waals surface area contributed by atoms with Crippen molar-refractivity contribution in [3.05, 3.63) is 69.2 Å². The predicted molar refractivity (Wildman–Crippen MR) is 115 cm³/mol. The zero-order chi connectivity index (χ0) is 24.5. The maximum atomic E-state index is 12.6. The van der Waals surface area contributed by atoms with Gasteiger partial charge in [0.25, 0.3) is 0 Å². The second-order valence-corrected chi connectivity index (χ2v) is 7.19. The molecule has 0 saturated heterocycles. The van der Waals surface area contributed by atoms with Crippen LogP contribution in [0.25, 0.3) is 0 Å². The fourth-order valence-corrected chi connectivity index (χ4v) is 3.42. The molecule has 2 aromatic carbocycles. The van der Waals surface area contributed by atoms with Crippen molar-refractivity contribution in [2.75, 3.05) is 23.9 Å². The van der Waals surface area contributed by atoms with Crippen molar-refractivity contribution < 1.29 is 27.4 Å². The zero-order valence-electron chi connectivity index (χ0n) is 17.7. The number of nitrogens with zero attached hydrogens (tertiary/aromatic N) is 4. The van der Waals surface area contributed by atoms with Gasteiger partial charge in [-0.2, -0.15) is 0 Å². The van der Waals surface area contributed by atoms with Gasteiger partial charge in [0, 0.05) is 24.5 Å². The van der Waals surface area contributed by atoms with Gasteiger partial charge in [0.15, 0.2) is 0 Å². The zero-order valence-corrected chi connectivity index (χ0v) is 17.7. The molecule has 1 amide bonds. The molecule has 0 atom stereocenters. The number of amides is 1. The maximum Gasteiger partial charge on any atom is 0.573 e. The number of benzene rings is 2. The van der Waals surface area contributed by atoms with E-state index >= 15 is 0 Å². The highest BCUT2D eigenvalue weighted by atomic mass is 19.4. The van der Waals surface area contributed by atoms with E-state index in [4.69, 9.17) is 4.74 Å². The number of halogens is 3. The summed E-state index contributed by atoms with van der Waals surface area (Å²) >= 11 is 0. The number of ether oxygens (including phenoxy) is 2. The standard InChI is InChI=1S/C21H18F3N5O5/c1-33-15-8-4-14(5-9-15)27-10-11-28-18(31)19(32)29(26-20(27)28)12-17(30)25-13-2-6-16(7-3-13)34-21(22,23)24/h2-9H,10-12H2,1H3,(H,25,30). The van der Waals surface area contributed by atoms with E-state index in [0.717, 1.165) is 22.5 Å². The Bertz CT molecular complexity index is 1320. The number of fused-ring (bicyclic) bond motifs is 1. The Morgan fingerprint density at radius 1 is 1.00 bits per heavy atom. The smallest absolute Gasteiger partial charge is 0.497 e. The molecular formula is C21H18F3N5O5. The maximum absolute atomic E-state index is 12.6. The molecule has 0 fully saturated rings. The minimum Gasteiger partial charge on any atom is -0.497 e. The van der Waals surface area contributed by atoms with Gasteiger partial charge in [-0.1, -0.05) is 0 Å². The predicted octanol–water partition coefficient (Wildman–Crippen LogP) is 2.10. The van der Waals surface area contributed by atoms with Crippen molar-refractivity contribution in [2.24, 2.45) is 0 Å². The van der Waals surface area contributed by atoms with Crippen molar-refractivity contribution >= 4 is 23.2 Å². The number of carbonyl (C=O) groups is 1. The molecule has 13 heteroatoms. The van der Waals surface area contributed by atoms with E-state index in [2.05, 4.69) is 15.2 Å². The van der Waals surface area contributed by atoms with Crippen LogP contribution in [-0.4, -0.2) is 40.3 Å². The van der Waals surface area contributed by atoms with Crippen molar-refractivity contribution in [3.63, 3.8) is 0 Å². The van der Waals surface area contributed by atoms with Crippen LogP contribution < -0.4 is 30.8 Å². The minimum absolute atomic E-state index is 0.172. The summed E-state index contributed by atoms with van der Waals surface area (Å²) in [4.78, 5) is 39.2. The second kappa shape index (κ2) is 8.92. The van der Waals surface area contributed by atoms with Crippen molar-refractivity contribution in [2.45, 2.75) is 19.5 Å². The van der Waals surface area contributed by atoms with Crippen LogP contribution in [-0.2, 0) is 17.9 Å². The minimum atomic E-state index is -4.83. The molecule has 0 aliphatic carbocycles. The molecule has 1 N–H and O–H groups in total. The summed E-state index contributed by atoms with van der Waals surface area (Å²) in [5.74, 6) is -0.296. The van der Waals surface area contributed by atoms with E-state index in [9.17, 15) is 27.6 Å². The van der Waals surface area contributed by atoms with Crippen LogP contribution in [0, 0.1) is 0 Å². The summed E-state index contributed by atoms with van der Waals surface area (Å²) in [5.41, 5.74) is -0.896. The highest BCUT2D eigenvalue weighted by Crippen LogP contribution is 2.28. The lowest BCUT2D eigenvalue weighted by Gasteiger charge is -2.18. The molecule has 0 spiro atoms. The summed E-state index contributed by atoms with van der Waals surface area (Å²) in [5, 5.41) is 6.64. The van der Waals surface area contributed by atoms with Crippen LogP contribution in [0.5, 0.6) is 11.5 Å². The summed E-state index contributed by atoms with van der Waals surface area (Å²) in [6, 6.07) is 11.5. The Kier molecular flexibility index (Phi) is 6.01. The molecule has 1 aliphatic rings. The van der Waals surface area contributed by atoms with Gasteiger partial charge in [-0.15, -0.1) is 18.3 Å². The average Bonchev–Trinajstić information content (AvgIpc) is 3.21. The van der Waals surface area contributed by atoms with Gasteiger partial charge in [0.1, 0.15) is 18.0 Å². The SMILES string of the molecule is COc1ccc(N2CCn3c2nn(CC(=O)Nc2ccc(OC(F)(F)F)cc2)c(=O)c3=O)cc1. The van der Waals surface area contributed by atoms with E-state index in [-0.39, 0.29) is 18.2 Å². The van der Waals surface area contributed by atoms with E-state index in [1.165, 1.54) is 23.8 Å². The van der Waals surface area contributed by atoms with Crippen LogP contribution in [0.1, 0.15) is 0 Å².